The van der Waals surface area contributed by atoms with Crippen molar-refractivity contribution >= 4 is 22.8 Å². The Balaban J connectivity index is 3.39. The van der Waals surface area contributed by atoms with Crippen LogP contribution < -0.4 is 5.73 Å². The minimum atomic E-state index is -1.02. The molecule has 0 fully saturated rings. The van der Waals surface area contributed by atoms with Gasteiger partial charge in [-0.25, -0.2) is 0 Å². The van der Waals surface area contributed by atoms with Crippen molar-refractivity contribution in [3.8, 4) is 0 Å². The fourth-order valence-corrected chi connectivity index (χ4v) is 1.11. The van der Waals surface area contributed by atoms with Gasteiger partial charge in [-0.05, 0) is 6.42 Å². The quantitative estimate of drug-likeness (QED) is 0.635. The SMILES string of the molecule is CC(=O)SCC[C@@H](N)C(=O)O. The second-order valence-corrected chi connectivity index (χ2v) is 3.35. The number of hydrogen-bond acceptors (Lipinski definition) is 4. The minimum Gasteiger partial charge on any atom is -0.480 e. The maximum atomic E-state index is 10.4. The number of nitrogens with two attached hydrogens (primary N) is 1. The van der Waals surface area contributed by atoms with Crippen molar-refractivity contribution in [3.05, 3.63) is 0 Å². The predicted octanol–water partition coefficient (Wildman–Crippen LogP) is 0.0681. The van der Waals surface area contributed by atoms with Gasteiger partial charge in [0.2, 0.25) is 0 Å². The van der Waals surface area contributed by atoms with Crippen LogP contribution in [-0.2, 0) is 9.59 Å². The Morgan fingerprint density at radius 2 is 2.18 bits per heavy atom. The van der Waals surface area contributed by atoms with E-state index in [0.29, 0.717) is 12.2 Å². The summed E-state index contributed by atoms with van der Waals surface area (Å²) in [4.78, 5) is 20.5. The fraction of sp³-hybridized carbons (Fsp3) is 0.667. The molecule has 0 aliphatic heterocycles. The number of aliphatic carboxylic acids is 1. The van der Waals surface area contributed by atoms with Crippen LogP contribution in [0.2, 0.25) is 0 Å². The Kier molecular flexibility index (Phi) is 4.89. The van der Waals surface area contributed by atoms with Crippen molar-refractivity contribution in [3.63, 3.8) is 0 Å². The summed E-state index contributed by atoms with van der Waals surface area (Å²) in [5.74, 6) is -0.544. The van der Waals surface area contributed by atoms with Crippen LogP contribution in [0.15, 0.2) is 0 Å². The van der Waals surface area contributed by atoms with E-state index in [-0.39, 0.29) is 5.12 Å². The third kappa shape index (κ3) is 5.87. The van der Waals surface area contributed by atoms with Crippen LogP contribution in [0.25, 0.3) is 0 Å². The van der Waals surface area contributed by atoms with Crippen LogP contribution in [0.4, 0.5) is 0 Å². The molecule has 3 N–H and O–H groups in total. The number of hydrogen-bond donors (Lipinski definition) is 2. The van der Waals surface area contributed by atoms with Crippen molar-refractivity contribution in [1.29, 1.82) is 0 Å². The van der Waals surface area contributed by atoms with E-state index >= 15 is 0 Å². The summed E-state index contributed by atoms with van der Waals surface area (Å²) in [6, 6.07) is -0.846. The lowest BCUT2D eigenvalue weighted by Gasteiger charge is -2.03. The first kappa shape index (κ1) is 10.4. The van der Waals surface area contributed by atoms with E-state index in [2.05, 4.69) is 0 Å². The molecule has 0 bridgehead atoms. The smallest absolute Gasteiger partial charge is 0.320 e. The summed E-state index contributed by atoms with van der Waals surface area (Å²) in [5.41, 5.74) is 5.18. The topological polar surface area (TPSA) is 80.4 Å². The molecule has 0 amide bonds. The minimum absolute atomic E-state index is 0.0115. The van der Waals surface area contributed by atoms with Gasteiger partial charge in [-0.15, -0.1) is 0 Å². The van der Waals surface area contributed by atoms with E-state index in [1.165, 1.54) is 6.92 Å². The van der Waals surface area contributed by atoms with Crippen molar-refractivity contribution in [2.24, 2.45) is 5.73 Å². The van der Waals surface area contributed by atoms with Crippen LogP contribution >= 0.6 is 11.8 Å². The van der Waals surface area contributed by atoms with Gasteiger partial charge >= 0.3 is 5.97 Å². The van der Waals surface area contributed by atoms with Gasteiger partial charge in [0.05, 0.1) is 0 Å². The predicted molar refractivity (Wildman–Crippen MR) is 43.4 cm³/mol. The normalized spacial score (nSPS) is 12.5. The molecule has 5 heteroatoms. The van der Waals surface area contributed by atoms with Crippen LogP contribution in [0.5, 0.6) is 0 Å². The number of thioether (sulfide) groups is 1. The van der Waals surface area contributed by atoms with Gasteiger partial charge in [-0.2, -0.15) is 0 Å². The van der Waals surface area contributed by atoms with Gasteiger partial charge in [0.1, 0.15) is 6.04 Å². The van der Waals surface area contributed by atoms with E-state index in [1.54, 1.807) is 0 Å². The van der Waals surface area contributed by atoms with Crippen molar-refractivity contribution in [1.82, 2.24) is 0 Å². The first-order valence-corrected chi connectivity index (χ1v) is 4.14. The first-order valence-electron chi connectivity index (χ1n) is 3.15. The van der Waals surface area contributed by atoms with Gasteiger partial charge < -0.3 is 10.8 Å². The molecule has 0 aromatic rings. The molecule has 0 rings (SSSR count). The van der Waals surface area contributed by atoms with Gasteiger partial charge in [-0.3, -0.25) is 9.59 Å². The maximum absolute atomic E-state index is 10.4. The number of carboxylic acids is 1. The Morgan fingerprint density at radius 3 is 2.55 bits per heavy atom. The molecule has 0 aromatic heterocycles. The summed E-state index contributed by atoms with van der Waals surface area (Å²) in [6.07, 6.45) is 0.333. The van der Waals surface area contributed by atoms with Crippen molar-refractivity contribution in [2.45, 2.75) is 19.4 Å². The van der Waals surface area contributed by atoms with Crippen LogP contribution in [0.3, 0.4) is 0 Å². The second kappa shape index (κ2) is 5.15. The maximum Gasteiger partial charge on any atom is 0.320 e. The highest BCUT2D eigenvalue weighted by Crippen LogP contribution is 2.04. The van der Waals surface area contributed by atoms with Crippen molar-refractivity contribution < 1.29 is 14.7 Å². The van der Waals surface area contributed by atoms with E-state index in [9.17, 15) is 9.59 Å². The summed E-state index contributed by atoms with van der Waals surface area (Å²) in [7, 11) is 0. The van der Waals surface area contributed by atoms with Gasteiger partial charge in [0.25, 0.3) is 0 Å². The molecular weight excluding hydrogens is 166 g/mol. The summed E-state index contributed by atoms with van der Waals surface area (Å²) in [5, 5.41) is 8.32. The summed E-state index contributed by atoms with van der Waals surface area (Å²) in [6.45, 7) is 1.44. The van der Waals surface area contributed by atoms with Crippen LogP contribution in [0.1, 0.15) is 13.3 Å². The molecule has 0 unspecified atom stereocenters. The molecule has 1 atom stereocenters. The average molecular weight is 177 g/mol. The third-order valence-electron chi connectivity index (χ3n) is 1.05. The Morgan fingerprint density at radius 1 is 1.64 bits per heavy atom. The second-order valence-electron chi connectivity index (χ2n) is 2.07. The zero-order chi connectivity index (χ0) is 8.85. The van der Waals surface area contributed by atoms with E-state index < -0.39 is 12.0 Å². The van der Waals surface area contributed by atoms with Crippen molar-refractivity contribution in [2.75, 3.05) is 5.75 Å². The molecule has 0 aromatic carbocycles. The molecule has 0 aliphatic carbocycles. The first-order chi connectivity index (χ1) is 5.04. The molecule has 0 saturated heterocycles. The highest BCUT2D eigenvalue weighted by atomic mass is 32.2. The Bertz CT molecular complexity index is 160. The Labute approximate surface area is 69.1 Å². The molecule has 0 spiro atoms. The zero-order valence-electron chi connectivity index (χ0n) is 6.24. The van der Waals surface area contributed by atoms with Crippen LogP contribution in [0, 0.1) is 0 Å². The molecule has 11 heavy (non-hydrogen) atoms. The lowest BCUT2D eigenvalue weighted by atomic mass is 10.2. The molecule has 0 radical (unpaired) electrons. The van der Waals surface area contributed by atoms with Gasteiger partial charge in [0, 0.05) is 12.7 Å². The molecule has 64 valence electrons. The fourth-order valence-electron chi connectivity index (χ4n) is 0.453. The molecule has 0 saturated carbocycles. The number of rotatable bonds is 4. The number of carbonyl (C=O) groups excluding carboxylic acids is 1. The summed E-state index contributed by atoms with van der Waals surface area (Å²) >= 11 is 1.09. The molecule has 4 nitrogen and oxygen atoms in total. The van der Waals surface area contributed by atoms with E-state index in [0.717, 1.165) is 11.8 Å². The monoisotopic (exact) mass is 177 g/mol. The summed E-state index contributed by atoms with van der Waals surface area (Å²) < 4.78 is 0. The third-order valence-corrected chi connectivity index (χ3v) is 1.90. The van der Waals surface area contributed by atoms with E-state index in [1.807, 2.05) is 0 Å². The lowest BCUT2D eigenvalue weighted by Crippen LogP contribution is -2.30. The lowest BCUT2D eigenvalue weighted by molar-refractivity contribution is -0.138. The van der Waals surface area contributed by atoms with Gasteiger partial charge in [0.15, 0.2) is 5.12 Å². The number of carbonyl (C=O) groups is 2. The highest BCUT2D eigenvalue weighted by molar-refractivity contribution is 8.13. The van der Waals surface area contributed by atoms with Gasteiger partial charge in [-0.1, -0.05) is 11.8 Å². The Hall–Kier alpha value is -0.550. The highest BCUT2D eigenvalue weighted by Gasteiger charge is 2.10. The molecular formula is C6H11NO3S. The largest absolute Gasteiger partial charge is 0.480 e. The van der Waals surface area contributed by atoms with Crippen LogP contribution in [-0.4, -0.2) is 28.0 Å². The molecule has 0 heterocycles. The molecule has 0 aliphatic rings. The average Bonchev–Trinajstić information content (AvgIpc) is 1.86. The standard InChI is InChI=1S/C6H11NO3S/c1-4(8)11-3-2-5(7)6(9)10/h5H,2-3,7H2,1H3,(H,9,10)/t5-/m1/s1. The number of carboxylic acid groups (broad SMARTS) is 1. The van der Waals surface area contributed by atoms with E-state index in [4.69, 9.17) is 10.8 Å². The zero-order valence-corrected chi connectivity index (χ0v) is 7.06.